The van der Waals surface area contributed by atoms with E-state index in [-0.39, 0.29) is 24.4 Å². The zero-order valence-electron chi connectivity index (χ0n) is 14.6. The number of esters is 1. The van der Waals surface area contributed by atoms with Gasteiger partial charge in [0.15, 0.2) is 0 Å². The second-order valence-corrected chi connectivity index (χ2v) is 6.55. The van der Waals surface area contributed by atoms with Crippen molar-refractivity contribution >= 4 is 11.9 Å². The van der Waals surface area contributed by atoms with Gasteiger partial charge in [-0.15, -0.1) is 0 Å². The van der Waals surface area contributed by atoms with Gasteiger partial charge in [-0.2, -0.15) is 5.10 Å². The maximum atomic E-state index is 12.2. The van der Waals surface area contributed by atoms with Crippen molar-refractivity contribution < 1.29 is 14.3 Å². The number of hydrogen-bond donors (Lipinski definition) is 0. The molecule has 2 aromatic rings. The fraction of sp³-hybridized carbons (Fsp3) is 0.421. The van der Waals surface area contributed by atoms with E-state index in [1.54, 1.807) is 24.9 Å². The summed E-state index contributed by atoms with van der Waals surface area (Å²) < 4.78 is 6.99. The standard InChI is InChI=1S/C19H23N3O3/c1-14-17(12-21(2)20-14)19(24)25-13-16-10-18(23)22(11-16)9-8-15-6-4-3-5-7-15/h3-7,12,16H,8-11,13H2,1-2H3/t16-/m0/s1. The van der Waals surface area contributed by atoms with E-state index in [4.69, 9.17) is 4.74 Å². The second-order valence-electron chi connectivity index (χ2n) is 6.55. The summed E-state index contributed by atoms with van der Waals surface area (Å²) in [5.41, 5.74) is 2.35. The van der Waals surface area contributed by atoms with Gasteiger partial charge in [0.05, 0.1) is 12.3 Å². The highest BCUT2D eigenvalue weighted by molar-refractivity contribution is 5.90. The van der Waals surface area contributed by atoms with Crippen LogP contribution in [0.3, 0.4) is 0 Å². The number of carbonyl (C=O) groups excluding carboxylic acids is 2. The lowest BCUT2D eigenvalue weighted by atomic mass is 10.1. The summed E-state index contributed by atoms with van der Waals surface area (Å²) in [5.74, 6) is -0.181. The third kappa shape index (κ3) is 4.26. The van der Waals surface area contributed by atoms with Gasteiger partial charge in [-0.1, -0.05) is 30.3 Å². The first-order valence-corrected chi connectivity index (χ1v) is 8.52. The van der Waals surface area contributed by atoms with Crippen LogP contribution in [-0.2, 0) is 23.0 Å². The SMILES string of the molecule is Cc1nn(C)cc1C(=O)OC[C@H]1CC(=O)N(CCc2ccccc2)C1. The van der Waals surface area contributed by atoms with Crippen molar-refractivity contribution in [1.82, 2.24) is 14.7 Å². The molecular formula is C19H23N3O3. The quantitative estimate of drug-likeness (QED) is 0.754. The molecule has 1 aliphatic heterocycles. The number of benzene rings is 1. The number of likely N-dealkylation sites (tertiary alicyclic amines) is 1. The molecule has 1 amide bonds. The Bertz CT molecular complexity index is 755. The third-order valence-electron chi connectivity index (χ3n) is 4.49. The molecule has 1 fully saturated rings. The molecule has 6 nitrogen and oxygen atoms in total. The molecule has 0 N–H and O–H groups in total. The van der Waals surface area contributed by atoms with Crippen molar-refractivity contribution in [2.75, 3.05) is 19.7 Å². The Morgan fingerprint density at radius 1 is 1.32 bits per heavy atom. The highest BCUT2D eigenvalue weighted by atomic mass is 16.5. The van der Waals surface area contributed by atoms with Crippen molar-refractivity contribution in [3.8, 4) is 0 Å². The average Bonchev–Trinajstić information content (AvgIpc) is 3.13. The van der Waals surface area contributed by atoms with Gasteiger partial charge in [0.25, 0.3) is 0 Å². The normalized spacial score (nSPS) is 17.1. The first-order valence-electron chi connectivity index (χ1n) is 8.52. The molecule has 2 heterocycles. The molecule has 1 aromatic heterocycles. The van der Waals surface area contributed by atoms with Crippen molar-refractivity contribution in [2.45, 2.75) is 19.8 Å². The first-order chi connectivity index (χ1) is 12.0. The van der Waals surface area contributed by atoms with Crippen LogP contribution >= 0.6 is 0 Å². The number of aromatic nitrogens is 2. The minimum absolute atomic E-state index is 0.0594. The summed E-state index contributed by atoms with van der Waals surface area (Å²) in [7, 11) is 1.77. The Kier molecular flexibility index (Phi) is 5.16. The van der Waals surface area contributed by atoms with Gasteiger partial charge in [0, 0.05) is 38.7 Å². The molecule has 1 atom stereocenters. The second kappa shape index (κ2) is 7.51. The van der Waals surface area contributed by atoms with Crippen LogP contribution < -0.4 is 0 Å². The number of aryl methyl sites for hydroxylation is 2. The Morgan fingerprint density at radius 3 is 2.76 bits per heavy atom. The molecule has 132 valence electrons. The van der Waals surface area contributed by atoms with Crippen LogP contribution in [-0.4, -0.2) is 46.3 Å². The molecule has 1 aliphatic rings. The minimum Gasteiger partial charge on any atom is -0.462 e. The third-order valence-corrected chi connectivity index (χ3v) is 4.49. The van der Waals surface area contributed by atoms with Crippen molar-refractivity contribution in [3.05, 3.63) is 53.3 Å². The topological polar surface area (TPSA) is 64.4 Å². The monoisotopic (exact) mass is 341 g/mol. The van der Waals surface area contributed by atoms with E-state index in [2.05, 4.69) is 17.2 Å². The largest absolute Gasteiger partial charge is 0.462 e. The van der Waals surface area contributed by atoms with Gasteiger partial charge in [0.1, 0.15) is 5.56 Å². The van der Waals surface area contributed by atoms with E-state index >= 15 is 0 Å². The molecule has 0 radical (unpaired) electrons. The number of rotatable bonds is 6. The first kappa shape index (κ1) is 17.2. The van der Waals surface area contributed by atoms with E-state index in [1.807, 2.05) is 23.1 Å². The number of amides is 1. The zero-order chi connectivity index (χ0) is 17.8. The smallest absolute Gasteiger partial charge is 0.341 e. The van der Waals surface area contributed by atoms with Crippen LogP contribution in [0, 0.1) is 12.8 Å². The van der Waals surface area contributed by atoms with Crippen LogP contribution in [0.1, 0.15) is 28.0 Å². The highest BCUT2D eigenvalue weighted by Crippen LogP contribution is 2.19. The molecule has 3 rings (SSSR count). The summed E-state index contributed by atoms with van der Waals surface area (Å²) in [6.45, 7) is 3.39. The summed E-state index contributed by atoms with van der Waals surface area (Å²) in [5, 5.41) is 4.14. The number of ether oxygens (including phenoxy) is 1. The fourth-order valence-corrected chi connectivity index (χ4v) is 3.16. The lowest BCUT2D eigenvalue weighted by Gasteiger charge is -2.16. The van der Waals surface area contributed by atoms with Crippen LogP contribution in [0.25, 0.3) is 0 Å². The number of hydrogen-bond acceptors (Lipinski definition) is 4. The van der Waals surface area contributed by atoms with E-state index < -0.39 is 0 Å². The molecule has 0 unspecified atom stereocenters. The van der Waals surface area contributed by atoms with Crippen molar-refractivity contribution in [1.29, 1.82) is 0 Å². The van der Waals surface area contributed by atoms with Crippen LogP contribution in [0.4, 0.5) is 0 Å². The van der Waals surface area contributed by atoms with E-state index in [9.17, 15) is 9.59 Å². The van der Waals surface area contributed by atoms with E-state index in [1.165, 1.54) is 5.56 Å². The van der Waals surface area contributed by atoms with E-state index in [0.717, 1.165) is 6.42 Å². The van der Waals surface area contributed by atoms with Gasteiger partial charge in [-0.25, -0.2) is 4.79 Å². The highest BCUT2D eigenvalue weighted by Gasteiger charge is 2.30. The summed E-state index contributed by atoms with van der Waals surface area (Å²) in [6, 6.07) is 10.1. The molecular weight excluding hydrogens is 318 g/mol. The maximum Gasteiger partial charge on any atom is 0.341 e. The lowest BCUT2D eigenvalue weighted by Crippen LogP contribution is -2.28. The predicted molar refractivity (Wildman–Crippen MR) is 93.1 cm³/mol. The molecule has 1 aromatic carbocycles. The van der Waals surface area contributed by atoms with Crippen LogP contribution in [0.15, 0.2) is 36.5 Å². The number of carbonyl (C=O) groups is 2. The summed E-state index contributed by atoms with van der Waals surface area (Å²) in [6.07, 6.45) is 2.94. The zero-order valence-corrected chi connectivity index (χ0v) is 14.6. The van der Waals surface area contributed by atoms with Crippen LogP contribution in [0.2, 0.25) is 0 Å². The number of nitrogens with zero attached hydrogens (tertiary/aromatic N) is 3. The maximum absolute atomic E-state index is 12.2. The molecule has 0 aliphatic carbocycles. The molecule has 0 bridgehead atoms. The van der Waals surface area contributed by atoms with Crippen molar-refractivity contribution in [2.24, 2.45) is 13.0 Å². The fourth-order valence-electron chi connectivity index (χ4n) is 3.16. The Labute approximate surface area is 147 Å². The Balaban J connectivity index is 1.47. The Hall–Kier alpha value is -2.63. The van der Waals surface area contributed by atoms with Gasteiger partial charge in [-0.05, 0) is 18.9 Å². The van der Waals surface area contributed by atoms with Gasteiger partial charge in [-0.3, -0.25) is 9.48 Å². The molecule has 0 saturated carbocycles. The van der Waals surface area contributed by atoms with Crippen LogP contribution in [0.5, 0.6) is 0 Å². The minimum atomic E-state index is -0.374. The van der Waals surface area contributed by atoms with Gasteiger partial charge >= 0.3 is 5.97 Å². The molecule has 6 heteroatoms. The van der Waals surface area contributed by atoms with Crippen molar-refractivity contribution in [3.63, 3.8) is 0 Å². The average molecular weight is 341 g/mol. The van der Waals surface area contributed by atoms with Gasteiger partial charge in [0.2, 0.25) is 5.91 Å². The molecule has 0 spiro atoms. The lowest BCUT2D eigenvalue weighted by molar-refractivity contribution is -0.127. The summed E-state index contributed by atoms with van der Waals surface area (Å²) in [4.78, 5) is 26.1. The summed E-state index contributed by atoms with van der Waals surface area (Å²) >= 11 is 0. The van der Waals surface area contributed by atoms with E-state index in [0.29, 0.717) is 30.8 Å². The molecule has 1 saturated heterocycles. The van der Waals surface area contributed by atoms with Gasteiger partial charge < -0.3 is 9.64 Å². The predicted octanol–water partition coefficient (Wildman–Crippen LogP) is 1.98. The molecule has 25 heavy (non-hydrogen) atoms. The Morgan fingerprint density at radius 2 is 2.08 bits per heavy atom.